The molecular formula is C18H23BClNO4. The van der Waals surface area contributed by atoms with Crippen LogP contribution in [0.15, 0.2) is 23.7 Å². The molecule has 0 bridgehead atoms. The number of nitrogens with one attached hydrogen (secondary N) is 1. The van der Waals surface area contributed by atoms with Gasteiger partial charge in [0.15, 0.2) is 0 Å². The van der Waals surface area contributed by atoms with Crippen molar-refractivity contribution in [1.29, 1.82) is 0 Å². The molecule has 0 unspecified atom stereocenters. The smallest absolute Gasteiger partial charge is 0.400 e. The van der Waals surface area contributed by atoms with E-state index in [1.54, 1.807) is 24.3 Å². The average Bonchev–Trinajstić information content (AvgIpc) is 2.73. The number of rotatable bonds is 5. The molecule has 1 amide bonds. The number of carbonyl (C=O) groups is 2. The second kappa shape index (κ2) is 7.32. The van der Waals surface area contributed by atoms with E-state index in [9.17, 15) is 9.59 Å². The summed E-state index contributed by atoms with van der Waals surface area (Å²) in [6, 6.07) is 5.00. The predicted molar refractivity (Wildman–Crippen MR) is 99.6 cm³/mol. The van der Waals surface area contributed by atoms with Crippen LogP contribution in [0.25, 0.3) is 6.08 Å². The summed E-state index contributed by atoms with van der Waals surface area (Å²) < 4.78 is 12.1. The van der Waals surface area contributed by atoms with E-state index in [0.29, 0.717) is 16.1 Å². The van der Waals surface area contributed by atoms with Gasteiger partial charge in [-0.05, 0) is 50.9 Å². The fraction of sp³-hybridized carbons (Fsp3) is 0.444. The van der Waals surface area contributed by atoms with Crippen LogP contribution in [-0.2, 0) is 14.1 Å². The zero-order valence-corrected chi connectivity index (χ0v) is 15.9. The molecule has 5 nitrogen and oxygen atoms in total. The van der Waals surface area contributed by atoms with E-state index < -0.39 is 18.3 Å². The van der Waals surface area contributed by atoms with Gasteiger partial charge in [0.25, 0.3) is 0 Å². The first-order chi connectivity index (χ1) is 11.6. The Bertz CT molecular complexity index is 699. The first-order valence-corrected chi connectivity index (χ1v) is 8.49. The van der Waals surface area contributed by atoms with Gasteiger partial charge in [0.05, 0.1) is 11.2 Å². The molecule has 0 spiro atoms. The molecule has 1 saturated heterocycles. The maximum absolute atomic E-state index is 11.3. The highest BCUT2D eigenvalue weighted by Gasteiger charge is 2.52. The first kappa shape index (κ1) is 19.7. The molecule has 134 valence electrons. The lowest BCUT2D eigenvalue weighted by atomic mass is 9.77. The lowest BCUT2D eigenvalue weighted by Gasteiger charge is -2.32. The molecule has 25 heavy (non-hydrogen) atoms. The number of halogens is 1. The summed E-state index contributed by atoms with van der Waals surface area (Å²) in [4.78, 5) is 22.4. The van der Waals surface area contributed by atoms with Crippen LogP contribution >= 0.6 is 11.6 Å². The van der Waals surface area contributed by atoms with Gasteiger partial charge in [-0.15, -0.1) is 0 Å². The SMILES string of the molecule is CC(=O)NCC(=Cc1cc(C=O)ccc1Cl)B1OC(C)(C)C(C)(C)O1. The van der Waals surface area contributed by atoms with Gasteiger partial charge in [0.1, 0.15) is 6.29 Å². The Labute approximate surface area is 153 Å². The highest BCUT2D eigenvalue weighted by atomic mass is 35.5. The van der Waals surface area contributed by atoms with Crippen molar-refractivity contribution in [3.8, 4) is 0 Å². The van der Waals surface area contributed by atoms with E-state index in [-0.39, 0.29) is 12.5 Å². The van der Waals surface area contributed by atoms with E-state index in [0.717, 1.165) is 11.8 Å². The van der Waals surface area contributed by atoms with Gasteiger partial charge in [-0.3, -0.25) is 9.59 Å². The van der Waals surface area contributed by atoms with E-state index in [1.165, 1.54) is 6.92 Å². The molecule has 1 aromatic carbocycles. The van der Waals surface area contributed by atoms with E-state index >= 15 is 0 Å². The van der Waals surface area contributed by atoms with Crippen LogP contribution in [0.2, 0.25) is 5.02 Å². The van der Waals surface area contributed by atoms with E-state index in [4.69, 9.17) is 20.9 Å². The standard InChI is InChI=1S/C18H23BClNO4/c1-12(23)21-10-15(19-24-17(2,3)18(4,5)25-19)9-14-8-13(11-22)6-7-16(14)20/h6-9,11H,10H2,1-5H3,(H,21,23). The number of benzene rings is 1. The van der Waals surface area contributed by atoms with Crippen molar-refractivity contribution in [2.75, 3.05) is 6.54 Å². The van der Waals surface area contributed by atoms with Crippen LogP contribution < -0.4 is 5.32 Å². The van der Waals surface area contributed by atoms with Gasteiger partial charge in [-0.25, -0.2) is 0 Å². The molecule has 1 fully saturated rings. The molecule has 1 aromatic rings. The Balaban J connectivity index is 2.40. The van der Waals surface area contributed by atoms with Crippen LogP contribution in [0.5, 0.6) is 0 Å². The van der Waals surface area contributed by atoms with Gasteiger partial charge in [-0.1, -0.05) is 23.7 Å². The van der Waals surface area contributed by atoms with Crippen molar-refractivity contribution in [3.63, 3.8) is 0 Å². The van der Waals surface area contributed by atoms with Gasteiger partial charge >= 0.3 is 7.12 Å². The molecular weight excluding hydrogens is 340 g/mol. The van der Waals surface area contributed by atoms with Crippen molar-refractivity contribution in [3.05, 3.63) is 39.8 Å². The molecule has 0 aliphatic carbocycles. The third-order valence-electron chi connectivity index (χ3n) is 4.59. The summed E-state index contributed by atoms with van der Waals surface area (Å²) >= 11 is 6.25. The second-order valence-electron chi connectivity index (χ2n) is 7.12. The van der Waals surface area contributed by atoms with Gasteiger partial charge in [-0.2, -0.15) is 0 Å². The van der Waals surface area contributed by atoms with Crippen LogP contribution in [0.1, 0.15) is 50.5 Å². The summed E-state index contributed by atoms with van der Waals surface area (Å²) in [5, 5.41) is 3.27. The molecule has 1 aliphatic heterocycles. The minimum Gasteiger partial charge on any atom is -0.400 e. The lowest BCUT2D eigenvalue weighted by Crippen LogP contribution is -2.41. The topological polar surface area (TPSA) is 64.6 Å². The molecule has 2 rings (SSSR count). The van der Waals surface area contributed by atoms with Crippen LogP contribution in [0, 0.1) is 0 Å². The lowest BCUT2D eigenvalue weighted by molar-refractivity contribution is -0.118. The summed E-state index contributed by atoms with van der Waals surface area (Å²) in [5.41, 5.74) is 0.909. The number of aldehydes is 1. The van der Waals surface area contributed by atoms with Crippen molar-refractivity contribution in [2.24, 2.45) is 0 Å². The van der Waals surface area contributed by atoms with E-state index in [2.05, 4.69) is 5.32 Å². The van der Waals surface area contributed by atoms with Crippen molar-refractivity contribution >= 4 is 37.0 Å². The molecule has 0 radical (unpaired) electrons. The molecule has 1 N–H and O–H groups in total. The molecule has 0 aromatic heterocycles. The number of carbonyl (C=O) groups excluding carboxylic acids is 2. The summed E-state index contributed by atoms with van der Waals surface area (Å²) in [7, 11) is -0.618. The third-order valence-corrected chi connectivity index (χ3v) is 4.94. The average molecular weight is 364 g/mol. The minimum atomic E-state index is -0.618. The van der Waals surface area contributed by atoms with Crippen molar-refractivity contribution in [2.45, 2.75) is 45.8 Å². The largest absolute Gasteiger partial charge is 0.492 e. The molecule has 1 heterocycles. The maximum atomic E-state index is 11.3. The quantitative estimate of drug-likeness (QED) is 0.644. The van der Waals surface area contributed by atoms with Crippen LogP contribution in [0.3, 0.4) is 0 Å². The monoisotopic (exact) mass is 363 g/mol. The fourth-order valence-corrected chi connectivity index (χ4v) is 2.54. The van der Waals surface area contributed by atoms with Gasteiger partial charge in [0, 0.05) is 24.1 Å². The Hall–Kier alpha value is -1.63. The predicted octanol–water partition coefficient (Wildman–Crippen LogP) is 3.30. The minimum absolute atomic E-state index is 0.157. The van der Waals surface area contributed by atoms with Crippen molar-refractivity contribution < 1.29 is 18.9 Å². The highest BCUT2D eigenvalue weighted by Crippen LogP contribution is 2.39. The zero-order valence-electron chi connectivity index (χ0n) is 15.2. The Morgan fingerprint density at radius 2 is 1.84 bits per heavy atom. The zero-order chi connectivity index (χ0) is 18.8. The highest BCUT2D eigenvalue weighted by molar-refractivity contribution is 6.56. The summed E-state index contributed by atoms with van der Waals surface area (Å²) in [5.74, 6) is -0.157. The number of hydrogen-bond acceptors (Lipinski definition) is 4. The fourth-order valence-electron chi connectivity index (χ4n) is 2.37. The second-order valence-corrected chi connectivity index (χ2v) is 7.52. The van der Waals surface area contributed by atoms with Gasteiger partial charge < -0.3 is 14.6 Å². The Kier molecular flexibility index (Phi) is 5.77. The number of hydrogen-bond donors (Lipinski definition) is 1. The summed E-state index contributed by atoms with van der Waals surface area (Å²) in [6.07, 6.45) is 2.56. The molecule has 0 atom stereocenters. The Morgan fingerprint density at radius 1 is 1.24 bits per heavy atom. The molecule has 1 aliphatic rings. The third kappa shape index (κ3) is 4.51. The molecule has 0 saturated carbocycles. The van der Waals surface area contributed by atoms with Crippen molar-refractivity contribution in [1.82, 2.24) is 5.32 Å². The first-order valence-electron chi connectivity index (χ1n) is 8.11. The summed E-state index contributed by atoms with van der Waals surface area (Å²) in [6.45, 7) is 9.55. The normalized spacial score (nSPS) is 19.0. The van der Waals surface area contributed by atoms with E-state index in [1.807, 2.05) is 27.7 Å². The van der Waals surface area contributed by atoms with Crippen LogP contribution in [-0.4, -0.2) is 37.1 Å². The Morgan fingerprint density at radius 3 is 2.36 bits per heavy atom. The molecule has 7 heteroatoms. The van der Waals surface area contributed by atoms with Gasteiger partial charge in [0.2, 0.25) is 5.91 Å². The van der Waals surface area contributed by atoms with Crippen LogP contribution in [0.4, 0.5) is 0 Å². The maximum Gasteiger partial charge on any atom is 0.492 e. The number of amides is 1.